The summed E-state index contributed by atoms with van der Waals surface area (Å²) in [7, 11) is 0. The highest BCUT2D eigenvalue weighted by atomic mass is 79.9. The third-order valence-electron chi connectivity index (χ3n) is 2.33. The Kier molecular flexibility index (Phi) is 2.31. The zero-order valence-corrected chi connectivity index (χ0v) is 10.9. The van der Waals surface area contributed by atoms with Crippen LogP contribution in [0.3, 0.4) is 0 Å². The smallest absolute Gasteiger partial charge is 0.346 e. The molecule has 0 amide bonds. The maximum Gasteiger partial charge on any atom is 0.346 e. The highest BCUT2D eigenvalue weighted by Crippen LogP contribution is 2.21. The first-order valence-corrected chi connectivity index (χ1v) is 9.75. The number of rotatable bonds is 1. The van der Waals surface area contributed by atoms with Gasteiger partial charge in [0.05, 0.1) is 11.1 Å². The van der Waals surface area contributed by atoms with Crippen LogP contribution in [0.4, 0.5) is 0 Å². The van der Waals surface area contributed by atoms with Crippen molar-refractivity contribution >= 4 is 39.1 Å². The Morgan fingerprint density at radius 3 is 2.33 bits per heavy atom. The monoisotopic (exact) mass is 284 g/mol. The summed E-state index contributed by atoms with van der Waals surface area (Å²) >= 11 is 3.63. The normalized spacial score (nSPS) is 15.1. The standard InChI is InChI=1S/C10H9BrO3Si/c1-15(2,11)6-3-4-7-8(5-6)10(13)14-9(7)12/h3-5H,1-2H3. The van der Waals surface area contributed by atoms with Gasteiger partial charge in [0.15, 0.2) is 6.69 Å². The van der Waals surface area contributed by atoms with Crippen LogP contribution in [-0.2, 0) is 4.74 Å². The molecule has 0 aliphatic carbocycles. The van der Waals surface area contributed by atoms with Gasteiger partial charge < -0.3 is 4.74 Å². The molecule has 1 aliphatic rings. The topological polar surface area (TPSA) is 43.4 Å². The van der Waals surface area contributed by atoms with Gasteiger partial charge in [0, 0.05) is 0 Å². The number of benzene rings is 1. The molecule has 3 nitrogen and oxygen atoms in total. The van der Waals surface area contributed by atoms with Gasteiger partial charge in [-0.25, -0.2) is 9.59 Å². The molecule has 1 heterocycles. The summed E-state index contributed by atoms with van der Waals surface area (Å²) in [5.74, 6) is -1.09. The van der Waals surface area contributed by atoms with Crippen molar-refractivity contribution in [1.29, 1.82) is 0 Å². The molecule has 1 aromatic carbocycles. The Morgan fingerprint density at radius 2 is 1.73 bits per heavy atom. The van der Waals surface area contributed by atoms with E-state index in [0.29, 0.717) is 11.1 Å². The molecule has 0 spiro atoms. The van der Waals surface area contributed by atoms with Crippen molar-refractivity contribution in [1.82, 2.24) is 0 Å². The molecule has 78 valence electrons. The molecule has 1 aliphatic heterocycles. The van der Waals surface area contributed by atoms with Crippen molar-refractivity contribution in [2.45, 2.75) is 13.1 Å². The van der Waals surface area contributed by atoms with Crippen LogP contribution in [-0.4, -0.2) is 18.6 Å². The van der Waals surface area contributed by atoms with Crippen LogP contribution in [0.5, 0.6) is 0 Å². The SMILES string of the molecule is C[Si](C)(Br)c1ccc2c(c1)C(=O)OC2=O. The quantitative estimate of drug-likeness (QED) is 0.342. The fourth-order valence-corrected chi connectivity index (χ4v) is 3.16. The Labute approximate surface area is 96.0 Å². The van der Waals surface area contributed by atoms with Gasteiger partial charge in [-0.3, -0.25) is 0 Å². The van der Waals surface area contributed by atoms with Crippen LogP contribution in [0.25, 0.3) is 0 Å². The molecule has 0 radical (unpaired) electrons. The van der Waals surface area contributed by atoms with Crippen LogP contribution < -0.4 is 5.19 Å². The molecular weight excluding hydrogens is 276 g/mol. The van der Waals surface area contributed by atoms with Crippen molar-refractivity contribution < 1.29 is 14.3 Å². The summed E-state index contributed by atoms with van der Waals surface area (Å²) in [6.45, 7) is 2.58. The van der Waals surface area contributed by atoms with Crippen LogP contribution in [0.15, 0.2) is 18.2 Å². The number of carbonyl (C=O) groups is 2. The minimum atomic E-state index is -1.63. The van der Waals surface area contributed by atoms with Gasteiger partial charge in [-0.1, -0.05) is 19.2 Å². The fourth-order valence-electron chi connectivity index (χ4n) is 1.46. The number of hydrogen-bond acceptors (Lipinski definition) is 3. The second-order valence-corrected chi connectivity index (χ2v) is 13.4. The van der Waals surface area contributed by atoms with E-state index in [0.717, 1.165) is 5.19 Å². The number of ether oxygens (including phenoxy) is 1. The van der Waals surface area contributed by atoms with Gasteiger partial charge in [-0.2, -0.15) is 0 Å². The zero-order chi connectivity index (χ0) is 11.2. The molecule has 0 saturated heterocycles. The molecule has 0 atom stereocenters. The van der Waals surface area contributed by atoms with Gasteiger partial charge in [-0.05, 0) is 17.3 Å². The Balaban J connectivity index is 2.57. The minimum absolute atomic E-state index is 0.370. The summed E-state index contributed by atoms with van der Waals surface area (Å²) in [4.78, 5) is 22.5. The molecule has 0 unspecified atom stereocenters. The summed E-state index contributed by atoms with van der Waals surface area (Å²) < 4.78 is 4.52. The van der Waals surface area contributed by atoms with Crippen molar-refractivity contribution in [3.05, 3.63) is 29.3 Å². The van der Waals surface area contributed by atoms with E-state index >= 15 is 0 Å². The molecule has 15 heavy (non-hydrogen) atoms. The lowest BCUT2D eigenvalue weighted by Gasteiger charge is -2.13. The molecule has 0 fully saturated rings. The van der Waals surface area contributed by atoms with E-state index in [1.54, 1.807) is 12.1 Å². The van der Waals surface area contributed by atoms with Gasteiger partial charge >= 0.3 is 11.9 Å². The number of halogens is 1. The van der Waals surface area contributed by atoms with E-state index in [2.05, 4.69) is 33.1 Å². The number of esters is 2. The van der Waals surface area contributed by atoms with Crippen LogP contribution in [0, 0.1) is 0 Å². The maximum atomic E-state index is 11.3. The van der Waals surface area contributed by atoms with Gasteiger partial charge in [0.25, 0.3) is 0 Å². The summed E-state index contributed by atoms with van der Waals surface area (Å²) in [6, 6.07) is 5.29. The maximum absolute atomic E-state index is 11.3. The lowest BCUT2D eigenvalue weighted by molar-refractivity contribution is 0.0444. The van der Waals surface area contributed by atoms with E-state index in [4.69, 9.17) is 0 Å². The average Bonchev–Trinajstić information content (AvgIpc) is 2.41. The van der Waals surface area contributed by atoms with E-state index in [9.17, 15) is 9.59 Å². The molecule has 5 heteroatoms. The van der Waals surface area contributed by atoms with Crippen molar-refractivity contribution in [3.8, 4) is 0 Å². The predicted octanol–water partition coefficient (Wildman–Crippen LogP) is 1.80. The second-order valence-electron chi connectivity index (χ2n) is 3.91. The Morgan fingerprint density at radius 1 is 1.13 bits per heavy atom. The summed E-state index contributed by atoms with van der Waals surface area (Å²) in [5.41, 5.74) is 0.757. The average molecular weight is 285 g/mol. The van der Waals surface area contributed by atoms with Crippen molar-refractivity contribution in [2.24, 2.45) is 0 Å². The number of fused-ring (bicyclic) bond motifs is 1. The van der Waals surface area contributed by atoms with E-state index in [1.807, 2.05) is 6.07 Å². The van der Waals surface area contributed by atoms with Crippen molar-refractivity contribution in [2.75, 3.05) is 0 Å². The number of cyclic esters (lactones) is 2. The first kappa shape index (κ1) is 10.6. The van der Waals surface area contributed by atoms with E-state index in [-0.39, 0.29) is 0 Å². The van der Waals surface area contributed by atoms with E-state index in [1.165, 1.54) is 0 Å². The molecule has 0 N–H and O–H groups in total. The number of hydrogen-bond donors (Lipinski definition) is 0. The minimum Gasteiger partial charge on any atom is -0.386 e. The first-order valence-electron chi connectivity index (χ1n) is 4.49. The summed E-state index contributed by atoms with van der Waals surface area (Å²) in [5, 5.41) is 1.08. The third-order valence-corrected chi connectivity index (χ3v) is 5.39. The molecule has 0 saturated carbocycles. The Bertz CT molecular complexity index is 462. The Hall–Kier alpha value is -0.943. The predicted molar refractivity (Wildman–Crippen MR) is 62.2 cm³/mol. The molecule has 0 aromatic heterocycles. The van der Waals surface area contributed by atoms with Crippen LogP contribution in [0.1, 0.15) is 20.7 Å². The zero-order valence-electron chi connectivity index (χ0n) is 8.33. The number of carbonyl (C=O) groups excluding carboxylic acids is 2. The van der Waals surface area contributed by atoms with Gasteiger partial charge in [0.1, 0.15) is 0 Å². The van der Waals surface area contributed by atoms with Gasteiger partial charge in [-0.15, -0.1) is 15.3 Å². The fraction of sp³-hybridized carbons (Fsp3) is 0.200. The molecule has 0 bridgehead atoms. The summed E-state index contributed by atoms with van der Waals surface area (Å²) in [6.07, 6.45) is 0. The van der Waals surface area contributed by atoms with Gasteiger partial charge in [0.2, 0.25) is 0 Å². The van der Waals surface area contributed by atoms with Crippen LogP contribution in [0.2, 0.25) is 13.1 Å². The van der Waals surface area contributed by atoms with Crippen molar-refractivity contribution in [3.63, 3.8) is 0 Å². The largest absolute Gasteiger partial charge is 0.386 e. The van der Waals surface area contributed by atoms with E-state index < -0.39 is 18.6 Å². The molecule has 2 rings (SSSR count). The van der Waals surface area contributed by atoms with Crippen LogP contribution >= 0.6 is 15.3 Å². The highest BCUT2D eigenvalue weighted by Gasteiger charge is 2.31. The lowest BCUT2D eigenvalue weighted by atomic mass is 10.1. The molecule has 1 aromatic rings. The second kappa shape index (κ2) is 3.28. The third kappa shape index (κ3) is 1.77. The lowest BCUT2D eigenvalue weighted by Crippen LogP contribution is -2.34. The molecular formula is C10H9BrO3Si. The first-order chi connectivity index (χ1) is 6.89. The highest BCUT2D eigenvalue weighted by molar-refractivity contribution is 9.26.